The first-order chi connectivity index (χ1) is 14.2. The van der Waals surface area contributed by atoms with E-state index in [2.05, 4.69) is 20.3 Å². The van der Waals surface area contributed by atoms with E-state index in [9.17, 15) is 24.3 Å². The lowest BCUT2D eigenvalue weighted by Crippen LogP contribution is -2.75. The number of aromatic nitrogens is 1. The zero-order valence-corrected chi connectivity index (χ0v) is 17.1. The third kappa shape index (κ3) is 4.09. The maximum atomic E-state index is 12.7. The Balaban J connectivity index is 1.77. The van der Waals surface area contributed by atoms with Gasteiger partial charge in [-0.15, -0.1) is 23.1 Å². The fourth-order valence-corrected chi connectivity index (χ4v) is 4.99. The highest BCUT2D eigenvalue weighted by atomic mass is 32.2. The van der Waals surface area contributed by atoms with Gasteiger partial charge in [0, 0.05) is 11.1 Å². The van der Waals surface area contributed by atoms with Crippen LogP contribution in [0, 0.1) is 0 Å². The van der Waals surface area contributed by atoms with E-state index in [0.717, 1.165) is 11.3 Å². The Labute approximate surface area is 177 Å². The number of β-lactam (4-membered cyclic amide) rings is 1. The summed E-state index contributed by atoms with van der Waals surface area (Å²) in [5.41, 5.74) is 5.88. The maximum absolute atomic E-state index is 12.7. The first kappa shape index (κ1) is 21.6. The zero-order chi connectivity index (χ0) is 22.0. The van der Waals surface area contributed by atoms with Gasteiger partial charge in [0.05, 0.1) is 0 Å². The molecule has 1 unspecified atom stereocenters. The van der Waals surface area contributed by atoms with E-state index in [0.29, 0.717) is 11.3 Å². The minimum absolute atomic E-state index is 0.0555. The molecular formula is C16H17N5O7S2. The highest BCUT2D eigenvalue weighted by Gasteiger charge is 2.56. The molecule has 160 valence electrons. The lowest BCUT2D eigenvalue weighted by molar-refractivity contribution is -0.159. The minimum Gasteiger partial charge on any atom is -0.479 e. The lowest BCUT2D eigenvalue weighted by atomic mass is 9.97. The normalized spacial score (nSPS) is 24.8. The van der Waals surface area contributed by atoms with Gasteiger partial charge in [0.15, 0.2) is 16.9 Å². The maximum Gasteiger partial charge on any atom is 0.344 e. The first-order valence-corrected chi connectivity index (χ1v) is 10.4. The summed E-state index contributed by atoms with van der Waals surface area (Å²) >= 11 is 2.37. The average Bonchev–Trinajstić information content (AvgIpc) is 3.13. The quantitative estimate of drug-likeness (QED) is 0.178. The number of thioether (sulfide) groups is 1. The summed E-state index contributed by atoms with van der Waals surface area (Å²) in [4.78, 5) is 57.4. The summed E-state index contributed by atoms with van der Waals surface area (Å²) < 4.78 is 0. The highest BCUT2D eigenvalue weighted by Crippen LogP contribution is 2.40. The van der Waals surface area contributed by atoms with Gasteiger partial charge >= 0.3 is 11.9 Å². The molecule has 3 rings (SSSR count). The number of hydrogen-bond acceptors (Lipinski definition) is 10. The number of nitrogens with zero attached hydrogens (tertiary/aromatic N) is 3. The third-order valence-electron chi connectivity index (χ3n) is 4.34. The number of rotatable bonds is 7. The van der Waals surface area contributed by atoms with Crippen molar-refractivity contribution in [3.63, 3.8) is 0 Å². The Morgan fingerprint density at radius 3 is 2.77 bits per heavy atom. The summed E-state index contributed by atoms with van der Waals surface area (Å²) in [5, 5.41) is 25.2. The number of carbonyl (C=O) groups is 4. The summed E-state index contributed by atoms with van der Waals surface area (Å²) in [5.74, 6) is -3.41. The number of fused-ring (bicyclic) bond motifs is 1. The van der Waals surface area contributed by atoms with Gasteiger partial charge in [-0.3, -0.25) is 9.59 Å². The van der Waals surface area contributed by atoms with E-state index in [-0.39, 0.29) is 16.5 Å². The molecule has 3 atom stereocenters. The molecule has 14 heteroatoms. The van der Waals surface area contributed by atoms with E-state index < -0.39 is 47.8 Å². The Morgan fingerprint density at radius 2 is 2.20 bits per heavy atom. The number of amides is 2. The molecule has 2 aliphatic heterocycles. The summed E-state index contributed by atoms with van der Waals surface area (Å²) in [6.45, 7) is 0.923. The van der Waals surface area contributed by atoms with Crippen LogP contribution in [0.3, 0.4) is 0 Å². The van der Waals surface area contributed by atoms with Crippen molar-refractivity contribution in [1.29, 1.82) is 0 Å². The number of oxime groups is 1. The molecule has 2 amide bonds. The number of thiazole rings is 1. The van der Waals surface area contributed by atoms with Crippen molar-refractivity contribution in [3.05, 3.63) is 22.7 Å². The predicted molar refractivity (Wildman–Crippen MR) is 107 cm³/mol. The topological polar surface area (TPSA) is 185 Å². The Hall–Kier alpha value is -3.13. The number of allylic oxidation sites excluding steroid dienone is 1. The van der Waals surface area contributed by atoms with Crippen LogP contribution in [0.5, 0.6) is 0 Å². The number of nitrogens with two attached hydrogens (primary N) is 1. The van der Waals surface area contributed by atoms with Crippen molar-refractivity contribution in [1.82, 2.24) is 15.2 Å². The standard InChI is InChI=1S/C16H17N5O7S2/c1-2-6-4-29-14-10(13(25)21(14)11(6)15(26)27)19-12(24)9(20-28-3-8(22)23)7-5-30-16(17)18-7/h2,5,10-11,14H,3-4H2,1H3,(H2,17,18)(H,19,24)(H,22,23)(H,26,27)/b6-2?,20-9-/t10-,11?,14-/m1/s1. The monoisotopic (exact) mass is 455 g/mol. The molecule has 1 aromatic rings. The number of nitrogen functional groups attached to an aromatic ring is 1. The van der Waals surface area contributed by atoms with E-state index in [1.807, 2.05) is 0 Å². The molecule has 0 radical (unpaired) electrons. The van der Waals surface area contributed by atoms with Gasteiger partial charge in [0.1, 0.15) is 17.1 Å². The Bertz CT molecular complexity index is 960. The van der Waals surface area contributed by atoms with Crippen molar-refractivity contribution in [2.24, 2.45) is 5.16 Å². The van der Waals surface area contributed by atoms with Crippen molar-refractivity contribution in [2.75, 3.05) is 18.1 Å². The van der Waals surface area contributed by atoms with Crippen LogP contribution >= 0.6 is 23.1 Å². The van der Waals surface area contributed by atoms with Crippen LogP contribution in [-0.2, 0) is 24.0 Å². The second-order valence-electron chi connectivity index (χ2n) is 6.18. The fourth-order valence-electron chi connectivity index (χ4n) is 2.99. The molecule has 5 N–H and O–H groups in total. The van der Waals surface area contributed by atoms with Gasteiger partial charge in [0.25, 0.3) is 5.91 Å². The molecule has 2 aliphatic rings. The van der Waals surface area contributed by atoms with Crippen molar-refractivity contribution in [2.45, 2.75) is 24.4 Å². The Morgan fingerprint density at radius 1 is 1.47 bits per heavy atom. The van der Waals surface area contributed by atoms with Crippen molar-refractivity contribution < 1.29 is 34.2 Å². The first-order valence-electron chi connectivity index (χ1n) is 8.50. The van der Waals surface area contributed by atoms with Crippen molar-refractivity contribution >= 4 is 57.7 Å². The van der Waals surface area contributed by atoms with Crippen LogP contribution in [0.15, 0.2) is 22.2 Å². The Kier molecular flexibility index (Phi) is 6.26. The number of carboxylic acid groups (broad SMARTS) is 2. The molecule has 1 aromatic heterocycles. The number of anilines is 1. The van der Waals surface area contributed by atoms with Gasteiger partial charge in [-0.25, -0.2) is 14.6 Å². The smallest absolute Gasteiger partial charge is 0.344 e. The second kappa shape index (κ2) is 8.71. The molecule has 2 saturated heterocycles. The van der Waals surface area contributed by atoms with Gasteiger partial charge in [0.2, 0.25) is 12.5 Å². The molecule has 3 heterocycles. The van der Waals surface area contributed by atoms with Crippen LogP contribution in [0.1, 0.15) is 12.6 Å². The van der Waals surface area contributed by atoms with Crippen LogP contribution in [0.4, 0.5) is 5.13 Å². The van der Waals surface area contributed by atoms with Crippen LogP contribution in [-0.4, -0.2) is 79.4 Å². The molecule has 12 nitrogen and oxygen atoms in total. The average molecular weight is 455 g/mol. The van der Waals surface area contributed by atoms with Gasteiger partial charge in [-0.05, 0) is 12.5 Å². The molecule has 0 aromatic carbocycles. The van der Waals surface area contributed by atoms with E-state index in [1.165, 1.54) is 22.0 Å². The number of carboxylic acids is 2. The van der Waals surface area contributed by atoms with Gasteiger partial charge in [-0.1, -0.05) is 11.2 Å². The molecular weight excluding hydrogens is 438 g/mol. The number of carbonyl (C=O) groups excluding carboxylic acids is 2. The number of hydrogen-bond donors (Lipinski definition) is 4. The van der Waals surface area contributed by atoms with Crippen LogP contribution in [0.25, 0.3) is 0 Å². The second-order valence-corrected chi connectivity index (χ2v) is 8.18. The van der Waals surface area contributed by atoms with Crippen LogP contribution in [0.2, 0.25) is 0 Å². The van der Waals surface area contributed by atoms with Crippen molar-refractivity contribution in [3.8, 4) is 0 Å². The largest absolute Gasteiger partial charge is 0.479 e. The highest BCUT2D eigenvalue weighted by molar-refractivity contribution is 8.00. The SMILES string of the molecule is CC=C1CS[C@@H]2[C@H](NC(=O)/C(=N\OCC(=O)O)c3csc(N)n3)C(=O)N2C1C(=O)O. The number of nitrogens with one attached hydrogen (secondary N) is 1. The molecule has 0 saturated carbocycles. The number of aliphatic carboxylic acids is 2. The molecule has 0 spiro atoms. The fraction of sp³-hybridized carbons (Fsp3) is 0.375. The lowest BCUT2D eigenvalue weighted by Gasteiger charge is -2.52. The molecule has 0 bridgehead atoms. The van der Waals surface area contributed by atoms with E-state index in [1.54, 1.807) is 13.0 Å². The predicted octanol–water partition coefficient (Wildman–Crippen LogP) is -0.670. The minimum atomic E-state index is -1.29. The summed E-state index contributed by atoms with van der Waals surface area (Å²) in [6, 6.07) is -2.05. The summed E-state index contributed by atoms with van der Waals surface area (Å²) in [6.07, 6.45) is 1.67. The third-order valence-corrected chi connectivity index (χ3v) is 6.36. The molecule has 30 heavy (non-hydrogen) atoms. The summed E-state index contributed by atoms with van der Waals surface area (Å²) in [7, 11) is 0. The van der Waals surface area contributed by atoms with Crippen LogP contribution < -0.4 is 11.1 Å². The molecule has 0 aliphatic carbocycles. The van der Waals surface area contributed by atoms with E-state index in [4.69, 9.17) is 10.8 Å². The van der Waals surface area contributed by atoms with E-state index >= 15 is 0 Å². The zero-order valence-electron chi connectivity index (χ0n) is 15.5. The van der Waals surface area contributed by atoms with Gasteiger partial charge in [-0.2, -0.15) is 0 Å². The van der Waals surface area contributed by atoms with Gasteiger partial charge < -0.3 is 31.0 Å². The molecule has 2 fully saturated rings.